The van der Waals surface area contributed by atoms with Crippen LogP contribution in [0.2, 0.25) is 0 Å². The first kappa shape index (κ1) is 9.98. The van der Waals surface area contributed by atoms with Gasteiger partial charge in [-0.1, -0.05) is 13.2 Å². The Bertz CT molecular complexity index is 287. The Morgan fingerprint density at radius 2 is 1.92 bits per heavy atom. The Morgan fingerprint density at radius 1 is 1.33 bits per heavy atom. The molecule has 0 aromatic heterocycles. The molecular weight excluding hydrogens is 152 g/mol. The van der Waals surface area contributed by atoms with Crippen molar-refractivity contribution in [2.24, 2.45) is 16.5 Å². The van der Waals surface area contributed by atoms with Gasteiger partial charge < -0.3 is 11.5 Å². The van der Waals surface area contributed by atoms with Crippen LogP contribution in [0.5, 0.6) is 0 Å². The monoisotopic (exact) mass is 162 g/mol. The lowest BCUT2D eigenvalue weighted by Crippen LogP contribution is -2.22. The van der Waals surface area contributed by atoms with Crippen LogP contribution in [0.25, 0.3) is 0 Å². The highest BCUT2D eigenvalue weighted by Crippen LogP contribution is 1.97. The SMILES string of the molecule is C=C(C#N)/C=C\C(=C)N=C(N)N. The normalized spacial score (nSPS) is 8.92. The van der Waals surface area contributed by atoms with Crippen LogP contribution in [0.15, 0.2) is 41.6 Å². The minimum atomic E-state index is -0.0628. The van der Waals surface area contributed by atoms with Crippen molar-refractivity contribution in [1.29, 1.82) is 5.26 Å². The molecule has 0 aliphatic rings. The summed E-state index contributed by atoms with van der Waals surface area (Å²) < 4.78 is 0. The molecule has 0 aliphatic heterocycles. The molecule has 0 aliphatic carbocycles. The Kier molecular flexibility index (Phi) is 3.94. The highest BCUT2D eigenvalue weighted by Gasteiger charge is 1.85. The molecule has 0 bridgehead atoms. The molecule has 0 aromatic carbocycles. The van der Waals surface area contributed by atoms with Crippen molar-refractivity contribution in [3.63, 3.8) is 0 Å². The van der Waals surface area contributed by atoms with E-state index in [0.717, 1.165) is 0 Å². The van der Waals surface area contributed by atoms with Gasteiger partial charge in [-0.15, -0.1) is 0 Å². The smallest absolute Gasteiger partial charge is 0.191 e. The molecule has 12 heavy (non-hydrogen) atoms. The topological polar surface area (TPSA) is 88.2 Å². The van der Waals surface area contributed by atoms with Crippen LogP contribution < -0.4 is 11.5 Å². The van der Waals surface area contributed by atoms with E-state index in [-0.39, 0.29) is 5.96 Å². The maximum Gasteiger partial charge on any atom is 0.191 e. The quantitative estimate of drug-likeness (QED) is 0.272. The first-order valence-electron chi connectivity index (χ1n) is 3.12. The van der Waals surface area contributed by atoms with E-state index in [9.17, 15) is 0 Å². The maximum absolute atomic E-state index is 8.31. The van der Waals surface area contributed by atoms with E-state index in [0.29, 0.717) is 11.3 Å². The Balaban J connectivity index is 4.22. The highest BCUT2D eigenvalue weighted by atomic mass is 15.0. The van der Waals surface area contributed by atoms with E-state index in [1.165, 1.54) is 12.2 Å². The molecule has 0 saturated heterocycles. The standard InChI is InChI=1S/C8H10N4/c1-6(5-9)3-4-7(2)12-8(10)11/h3-4H,1-2H2,(H4,10,11,12)/b4-3-. The van der Waals surface area contributed by atoms with E-state index >= 15 is 0 Å². The minimum absolute atomic E-state index is 0.0628. The molecule has 0 heterocycles. The van der Waals surface area contributed by atoms with Gasteiger partial charge in [-0.05, 0) is 12.2 Å². The fourth-order valence-electron chi connectivity index (χ4n) is 0.437. The first-order chi connectivity index (χ1) is 5.56. The molecule has 4 N–H and O–H groups in total. The molecule has 4 heteroatoms. The number of hydrogen-bond acceptors (Lipinski definition) is 2. The second-order valence-electron chi connectivity index (χ2n) is 2.00. The summed E-state index contributed by atoms with van der Waals surface area (Å²) in [7, 11) is 0. The summed E-state index contributed by atoms with van der Waals surface area (Å²) in [6.45, 7) is 6.94. The lowest BCUT2D eigenvalue weighted by molar-refractivity contribution is 1.36. The van der Waals surface area contributed by atoms with E-state index in [2.05, 4.69) is 18.2 Å². The number of nitrogens with two attached hydrogens (primary N) is 2. The largest absolute Gasteiger partial charge is 0.370 e. The van der Waals surface area contributed by atoms with Gasteiger partial charge in [-0.2, -0.15) is 5.26 Å². The fraction of sp³-hybridized carbons (Fsp3) is 0. The van der Waals surface area contributed by atoms with Crippen molar-refractivity contribution >= 4 is 5.96 Å². The number of hydrogen-bond donors (Lipinski definition) is 2. The van der Waals surface area contributed by atoms with Gasteiger partial charge in [0.05, 0.1) is 11.8 Å². The molecule has 4 nitrogen and oxygen atoms in total. The van der Waals surface area contributed by atoms with E-state index in [4.69, 9.17) is 16.7 Å². The molecule has 0 aromatic rings. The lowest BCUT2D eigenvalue weighted by atomic mass is 10.3. The van der Waals surface area contributed by atoms with E-state index in [1.807, 2.05) is 6.07 Å². The van der Waals surface area contributed by atoms with Crippen LogP contribution in [0.1, 0.15) is 0 Å². The summed E-state index contributed by atoms with van der Waals surface area (Å²) in [5, 5.41) is 8.31. The molecule has 62 valence electrons. The van der Waals surface area contributed by atoms with Crippen molar-refractivity contribution in [2.45, 2.75) is 0 Å². The Morgan fingerprint density at radius 3 is 2.33 bits per heavy atom. The van der Waals surface area contributed by atoms with Gasteiger partial charge in [-0.3, -0.25) is 0 Å². The first-order valence-corrected chi connectivity index (χ1v) is 3.12. The molecule has 0 atom stereocenters. The Hall–Kier alpha value is -2.02. The summed E-state index contributed by atoms with van der Waals surface area (Å²) in [6.07, 6.45) is 2.99. The third-order valence-electron chi connectivity index (χ3n) is 0.893. The van der Waals surface area contributed by atoms with Gasteiger partial charge in [0.2, 0.25) is 0 Å². The van der Waals surface area contributed by atoms with Gasteiger partial charge in [0, 0.05) is 5.57 Å². The van der Waals surface area contributed by atoms with E-state index in [1.54, 1.807) is 0 Å². The van der Waals surface area contributed by atoms with Gasteiger partial charge in [-0.25, -0.2) is 4.99 Å². The molecule has 0 amide bonds. The summed E-state index contributed by atoms with van der Waals surface area (Å²) in [5.41, 5.74) is 10.9. The van der Waals surface area contributed by atoms with Crippen LogP contribution in [0, 0.1) is 11.3 Å². The number of aliphatic imine (C=N–C) groups is 1. The number of nitrogens with zero attached hydrogens (tertiary/aromatic N) is 2. The van der Waals surface area contributed by atoms with Gasteiger partial charge in [0.1, 0.15) is 0 Å². The zero-order valence-electron chi connectivity index (χ0n) is 6.62. The molecule has 0 fully saturated rings. The third kappa shape index (κ3) is 4.82. The number of rotatable bonds is 3. The second kappa shape index (κ2) is 4.74. The summed E-state index contributed by atoms with van der Waals surface area (Å²) in [4.78, 5) is 3.62. The second-order valence-corrected chi connectivity index (χ2v) is 2.00. The molecule has 0 rings (SSSR count). The molecule has 0 unspecified atom stereocenters. The Labute approximate surface area is 71.2 Å². The van der Waals surface area contributed by atoms with Crippen LogP contribution in [0.3, 0.4) is 0 Å². The molecule has 0 spiro atoms. The maximum atomic E-state index is 8.31. The van der Waals surface area contributed by atoms with Crippen LogP contribution in [-0.2, 0) is 0 Å². The van der Waals surface area contributed by atoms with E-state index < -0.39 is 0 Å². The number of nitriles is 1. The summed E-state index contributed by atoms with van der Waals surface area (Å²) in [5.74, 6) is -0.0628. The fourth-order valence-corrected chi connectivity index (χ4v) is 0.437. The predicted octanol–water partition coefficient (Wildman–Crippen LogP) is 0.409. The van der Waals surface area contributed by atoms with Gasteiger partial charge >= 0.3 is 0 Å². The van der Waals surface area contributed by atoms with Crippen molar-refractivity contribution in [3.05, 3.63) is 36.6 Å². The van der Waals surface area contributed by atoms with Crippen molar-refractivity contribution in [3.8, 4) is 6.07 Å². The van der Waals surface area contributed by atoms with Crippen molar-refractivity contribution in [1.82, 2.24) is 0 Å². The average Bonchev–Trinajstić information content (AvgIpc) is 1.99. The van der Waals surface area contributed by atoms with Crippen LogP contribution in [-0.4, -0.2) is 5.96 Å². The lowest BCUT2D eigenvalue weighted by Gasteiger charge is -1.90. The third-order valence-corrected chi connectivity index (χ3v) is 0.893. The number of allylic oxidation sites excluding steroid dienone is 3. The predicted molar refractivity (Wildman–Crippen MR) is 48.8 cm³/mol. The zero-order chi connectivity index (χ0) is 9.56. The molecule has 0 radical (unpaired) electrons. The zero-order valence-corrected chi connectivity index (χ0v) is 6.62. The summed E-state index contributed by atoms with van der Waals surface area (Å²) in [6, 6.07) is 1.84. The van der Waals surface area contributed by atoms with Crippen molar-refractivity contribution < 1.29 is 0 Å². The van der Waals surface area contributed by atoms with Crippen LogP contribution in [0.4, 0.5) is 0 Å². The van der Waals surface area contributed by atoms with Gasteiger partial charge in [0.15, 0.2) is 5.96 Å². The molecule has 0 saturated carbocycles. The number of guanidine groups is 1. The van der Waals surface area contributed by atoms with Crippen LogP contribution >= 0.6 is 0 Å². The minimum Gasteiger partial charge on any atom is -0.370 e. The van der Waals surface area contributed by atoms with Crippen molar-refractivity contribution in [2.75, 3.05) is 0 Å². The van der Waals surface area contributed by atoms with Gasteiger partial charge in [0.25, 0.3) is 0 Å². The summed E-state index contributed by atoms with van der Waals surface area (Å²) >= 11 is 0. The molecular formula is C8H10N4. The highest BCUT2D eigenvalue weighted by molar-refractivity contribution is 5.77. The average molecular weight is 162 g/mol.